The molecule has 4 rings (SSSR count). The van der Waals surface area contributed by atoms with Crippen molar-refractivity contribution in [2.75, 3.05) is 19.0 Å². The van der Waals surface area contributed by atoms with Crippen LogP contribution >= 0.6 is 27.7 Å². The lowest BCUT2D eigenvalue weighted by Gasteiger charge is -2.18. The van der Waals surface area contributed by atoms with Gasteiger partial charge in [-0.25, -0.2) is 0 Å². The number of Topliss-reactive ketones (excluding diaryl/α,β-unsaturated/α-hetero) is 1. The third kappa shape index (κ3) is 3.76. The second-order valence-corrected chi connectivity index (χ2v) is 7.30. The molecule has 2 aromatic carbocycles. The minimum atomic E-state index is -0.0471. The molecular weight excluding hydrogens is 420 g/mol. The molecule has 132 valence electrons. The molecule has 8 heteroatoms. The van der Waals surface area contributed by atoms with Gasteiger partial charge >= 0.3 is 0 Å². The van der Waals surface area contributed by atoms with Crippen LogP contribution in [0.5, 0.6) is 11.5 Å². The van der Waals surface area contributed by atoms with E-state index in [-0.39, 0.29) is 11.5 Å². The molecule has 0 N–H and O–H groups in total. The molecule has 2 heterocycles. The Morgan fingerprint density at radius 2 is 1.92 bits per heavy atom. The summed E-state index contributed by atoms with van der Waals surface area (Å²) in [6.45, 7) is 1.01. The first kappa shape index (κ1) is 17.1. The maximum absolute atomic E-state index is 12.4. The summed E-state index contributed by atoms with van der Waals surface area (Å²) in [5.41, 5.74) is 1.38. The number of ether oxygens (including phenoxy) is 2. The molecule has 3 aromatic rings. The lowest BCUT2D eigenvalue weighted by atomic mass is 10.1. The van der Waals surface area contributed by atoms with E-state index in [9.17, 15) is 4.79 Å². The van der Waals surface area contributed by atoms with Crippen LogP contribution < -0.4 is 9.47 Å². The Hall–Kier alpha value is -2.32. The highest BCUT2D eigenvalue weighted by atomic mass is 79.9. The van der Waals surface area contributed by atoms with E-state index in [0.717, 1.165) is 10.0 Å². The number of rotatable bonds is 5. The summed E-state index contributed by atoms with van der Waals surface area (Å²) in [5.74, 6) is 1.83. The van der Waals surface area contributed by atoms with E-state index in [0.29, 0.717) is 41.4 Å². The van der Waals surface area contributed by atoms with Crippen molar-refractivity contribution in [2.45, 2.75) is 5.22 Å². The average molecular weight is 433 g/mol. The lowest BCUT2D eigenvalue weighted by Crippen LogP contribution is -2.16. The number of hydrogen-bond donors (Lipinski definition) is 0. The van der Waals surface area contributed by atoms with E-state index < -0.39 is 0 Å². The predicted molar refractivity (Wildman–Crippen MR) is 99.9 cm³/mol. The van der Waals surface area contributed by atoms with Crippen molar-refractivity contribution in [1.82, 2.24) is 10.2 Å². The van der Waals surface area contributed by atoms with Crippen molar-refractivity contribution in [3.8, 4) is 23.0 Å². The Labute approximate surface area is 162 Å². The van der Waals surface area contributed by atoms with Crippen LogP contribution in [-0.4, -0.2) is 34.9 Å². The summed E-state index contributed by atoms with van der Waals surface area (Å²) in [7, 11) is 0. The molecule has 0 spiro atoms. The van der Waals surface area contributed by atoms with Gasteiger partial charge in [-0.1, -0.05) is 33.8 Å². The van der Waals surface area contributed by atoms with Gasteiger partial charge < -0.3 is 13.9 Å². The molecule has 0 atom stereocenters. The third-order valence-corrected chi connectivity index (χ3v) is 4.98. The number of ketones is 1. The molecule has 1 aliphatic rings. The molecule has 0 saturated heterocycles. The van der Waals surface area contributed by atoms with Crippen molar-refractivity contribution in [3.63, 3.8) is 0 Å². The number of nitrogens with zero attached hydrogens (tertiary/aromatic N) is 2. The van der Waals surface area contributed by atoms with Crippen LogP contribution in [0.4, 0.5) is 0 Å². The zero-order valence-corrected chi connectivity index (χ0v) is 15.9. The van der Waals surface area contributed by atoms with Crippen LogP contribution in [0.15, 0.2) is 56.6 Å². The zero-order chi connectivity index (χ0) is 17.9. The quantitative estimate of drug-likeness (QED) is 0.440. The van der Waals surface area contributed by atoms with E-state index in [1.54, 1.807) is 18.2 Å². The van der Waals surface area contributed by atoms with Crippen LogP contribution in [0.1, 0.15) is 10.4 Å². The summed E-state index contributed by atoms with van der Waals surface area (Å²) < 4.78 is 17.5. The number of halogens is 1. The van der Waals surface area contributed by atoms with Crippen LogP contribution in [0.3, 0.4) is 0 Å². The number of carbonyl (C=O) groups excluding carboxylic acids is 1. The molecule has 0 saturated carbocycles. The number of benzene rings is 2. The maximum Gasteiger partial charge on any atom is 0.277 e. The van der Waals surface area contributed by atoms with Gasteiger partial charge in [0.1, 0.15) is 13.2 Å². The molecule has 1 aliphatic heterocycles. The minimum Gasteiger partial charge on any atom is -0.486 e. The van der Waals surface area contributed by atoms with Crippen molar-refractivity contribution in [3.05, 3.63) is 52.5 Å². The Kier molecular flexibility index (Phi) is 4.94. The highest BCUT2D eigenvalue weighted by Gasteiger charge is 2.16. The van der Waals surface area contributed by atoms with Gasteiger partial charge in [0.05, 0.1) is 5.75 Å². The van der Waals surface area contributed by atoms with E-state index >= 15 is 0 Å². The van der Waals surface area contributed by atoms with Crippen LogP contribution in [0.2, 0.25) is 0 Å². The molecule has 0 bridgehead atoms. The van der Waals surface area contributed by atoms with Gasteiger partial charge in [0.15, 0.2) is 17.3 Å². The van der Waals surface area contributed by atoms with Crippen LogP contribution in [-0.2, 0) is 0 Å². The molecule has 6 nitrogen and oxygen atoms in total. The lowest BCUT2D eigenvalue weighted by molar-refractivity contribution is 0.102. The van der Waals surface area contributed by atoms with Crippen molar-refractivity contribution >= 4 is 33.5 Å². The molecule has 26 heavy (non-hydrogen) atoms. The number of hydrogen-bond acceptors (Lipinski definition) is 7. The van der Waals surface area contributed by atoms with Gasteiger partial charge in [-0.3, -0.25) is 4.79 Å². The van der Waals surface area contributed by atoms with Crippen LogP contribution in [0.25, 0.3) is 11.5 Å². The zero-order valence-electron chi connectivity index (χ0n) is 13.5. The minimum absolute atomic E-state index is 0.0471. The normalized spacial score (nSPS) is 12.8. The second-order valence-electron chi connectivity index (χ2n) is 5.45. The van der Waals surface area contributed by atoms with Gasteiger partial charge in [0.25, 0.3) is 5.22 Å². The van der Waals surface area contributed by atoms with Crippen LogP contribution in [0, 0.1) is 0 Å². The number of aromatic nitrogens is 2. The standard InChI is InChI=1S/C18H13BrN2O4S/c19-13-3-1-2-12(8-13)17-20-21-18(25-17)26-10-14(22)11-4-5-15-16(9-11)24-7-6-23-15/h1-5,8-9H,6-7,10H2. The Balaban J connectivity index is 1.42. The van der Waals surface area contributed by atoms with Gasteiger partial charge in [-0.15, -0.1) is 10.2 Å². The van der Waals surface area contributed by atoms with Crippen molar-refractivity contribution in [1.29, 1.82) is 0 Å². The van der Waals surface area contributed by atoms with Crippen molar-refractivity contribution in [2.24, 2.45) is 0 Å². The molecule has 0 unspecified atom stereocenters. The Morgan fingerprint density at radius 1 is 1.08 bits per heavy atom. The molecule has 0 aliphatic carbocycles. The molecular formula is C18H13BrN2O4S. The molecule has 0 fully saturated rings. The monoisotopic (exact) mass is 432 g/mol. The van der Waals surface area contributed by atoms with E-state index in [4.69, 9.17) is 13.9 Å². The summed E-state index contributed by atoms with van der Waals surface area (Å²) >= 11 is 4.62. The average Bonchev–Trinajstić information content (AvgIpc) is 3.15. The fraction of sp³-hybridized carbons (Fsp3) is 0.167. The molecule has 0 amide bonds. The van der Waals surface area contributed by atoms with Gasteiger partial charge in [0.2, 0.25) is 5.89 Å². The SMILES string of the molecule is O=C(CSc1nnc(-c2cccc(Br)c2)o1)c1ccc2c(c1)OCCO2. The first-order valence-electron chi connectivity index (χ1n) is 7.84. The summed E-state index contributed by atoms with van der Waals surface area (Å²) in [4.78, 5) is 12.4. The highest BCUT2D eigenvalue weighted by molar-refractivity contribution is 9.10. The number of fused-ring (bicyclic) bond motifs is 1. The van der Waals surface area contributed by atoms with Crippen molar-refractivity contribution < 1.29 is 18.7 Å². The first-order valence-corrected chi connectivity index (χ1v) is 9.62. The van der Waals surface area contributed by atoms with E-state index in [2.05, 4.69) is 26.1 Å². The Bertz CT molecular complexity index is 960. The molecule has 1 aromatic heterocycles. The maximum atomic E-state index is 12.4. The topological polar surface area (TPSA) is 74.5 Å². The largest absolute Gasteiger partial charge is 0.486 e. The fourth-order valence-corrected chi connectivity index (χ4v) is 3.49. The summed E-state index contributed by atoms with van der Waals surface area (Å²) in [5, 5.41) is 8.37. The van der Waals surface area contributed by atoms with Gasteiger partial charge in [0, 0.05) is 15.6 Å². The number of thioether (sulfide) groups is 1. The first-order chi connectivity index (χ1) is 12.7. The highest BCUT2D eigenvalue weighted by Crippen LogP contribution is 2.31. The number of carbonyl (C=O) groups is 1. The summed E-state index contributed by atoms with van der Waals surface area (Å²) in [6, 6.07) is 12.8. The van der Waals surface area contributed by atoms with Gasteiger partial charge in [-0.2, -0.15) is 0 Å². The third-order valence-electron chi connectivity index (χ3n) is 3.67. The molecule has 0 radical (unpaired) electrons. The smallest absolute Gasteiger partial charge is 0.277 e. The van der Waals surface area contributed by atoms with Gasteiger partial charge in [-0.05, 0) is 36.4 Å². The Morgan fingerprint density at radius 3 is 2.77 bits per heavy atom. The summed E-state index contributed by atoms with van der Waals surface area (Å²) in [6.07, 6.45) is 0. The second kappa shape index (κ2) is 7.51. The van der Waals surface area contributed by atoms with E-state index in [1.807, 2.05) is 24.3 Å². The predicted octanol–water partition coefficient (Wildman–Crippen LogP) is 4.25. The fourth-order valence-electron chi connectivity index (χ4n) is 2.43. The van der Waals surface area contributed by atoms with E-state index in [1.165, 1.54) is 11.8 Å².